The van der Waals surface area contributed by atoms with Crippen LogP contribution in [0.2, 0.25) is 0 Å². The first-order valence-corrected chi connectivity index (χ1v) is 5.40. The largest absolute Gasteiger partial charge is 0.464 e. The van der Waals surface area contributed by atoms with E-state index in [9.17, 15) is 18.0 Å². The van der Waals surface area contributed by atoms with E-state index in [4.69, 9.17) is 5.73 Å². The first kappa shape index (κ1) is 17.7. The van der Waals surface area contributed by atoms with Crippen LogP contribution in [0.1, 0.15) is 24.1 Å². The van der Waals surface area contributed by atoms with Crippen molar-refractivity contribution in [2.24, 2.45) is 5.73 Å². The van der Waals surface area contributed by atoms with Gasteiger partial charge in [0.15, 0.2) is 11.6 Å². The highest BCUT2D eigenvalue weighted by atomic mass is 35.5. The molecule has 0 saturated heterocycles. The van der Waals surface area contributed by atoms with Crippen LogP contribution in [0.15, 0.2) is 12.1 Å². The molecule has 0 aliphatic rings. The fourth-order valence-electron chi connectivity index (χ4n) is 1.44. The zero-order valence-corrected chi connectivity index (χ0v) is 11.3. The molecule has 108 valence electrons. The summed E-state index contributed by atoms with van der Waals surface area (Å²) in [5.41, 5.74) is 5.10. The number of alkyl halides is 1. The summed E-state index contributed by atoms with van der Waals surface area (Å²) < 4.78 is 44.9. The summed E-state index contributed by atoms with van der Waals surface area (Å²) in [6.45, 7) is 2.85. The topological polar surface area (TPSA) is 52.3 Å². The molecule has 0 spiro atoms. The number of rotatable bonds is 4. The first-order chi connectivity index (χ1) is 8.40. The normalized spacial score (nSPS) is 13.4. The SMILES string of the molecule is CCOC(=O)C(F)[C@H](N)c1ccc(C)c(F)c1F.Cl. The Bertz CT molecular complexity index is 457. The lowest BCUT2D eigenvalue weighted by atomic mass is 10.0. The minimum Gasteiger partial charge on any atom is -0.464 e. The Labute approximate surface area is 115 Å². The van der Waals surface area contributed by atoms with E-state index >= 15 is 0 Å². The number of aryl methyl sites for hydroxylation is 1. The van der Waals surface area contributed by atoms with E-state index in [0.717, 1.165) is 6.07 Å². The summed E-state index contributed by atoms with van der Waals surface area (Å²) in [5.74, 6) is -3.53. The molecule has 3 nitrogen and oxygen atoms in total. The molecule has 19 heavy (non-hydrogen) atoms. The summed E-state index contributed by atoms with van der Waals surface area (Å²) in [5, 5.41) is 0. The summed E-state index contributed by atoms with van der Waals surface area (Å²) in [7, 11) is 0. The number of ether oxygens (including phenoxy) is 1. The molecule has 1 aromatic carbocycles. The van der Waals surface area contributed by atoms with Gasteiger partial charge in [0.2, 0.25) is 6.17 Å². The number of halogens is 4. The second-order valence-corrected chi connectivity index (χ2v) is 3.78. The van der Waals surface area contributed by atoms with Gasteiger partial charge in [-0.1, -0.05) is 12.1 Å². The molecule has 2 N–H and O–H groups in total. The second-order valence-electron chi connectivity index (χ2n) is 3.78. The molecule has 7 heteroatoms. The standard InChI is InChI=1S/C12H14F3NO2.ClH/c1-3-18-12(17)10(15)11(16)7-5-4-6(2)8(13)9(7)14;/h4-5,10-11H,3,16H2,1-2H3;1H/t10?,11-;/m1./s1. The average Bonchev–Trinajstić information content (AvgIpc) is 2.35. The van der Waals surface area contributed by atoms with E-state index in [0.29, 0.717) is 0 Å². The number of nitrogens with two attached hydrogens (primary N) is 1. The van der Waals surface area contributed by atoms with Crippen molar-refractivity contribution in [1.82, 2.24) is 0 Å². The van der Waals surface area contributed by atoms with Crippen molar-refractivity contribution in [1.29, 1.82) is 0 Å². The third-order valence-corrected chi connectivity index (χ3v) is 2.49. The maximum absolute atomic E-state index is 13.6. The van der Waals surface area contributed by atoms with Gasteiger partial charge in [-0.05, 0) is 19.4 Å². The molecule has 0 aliphatic heterocycles. The predicted molar refractivity (Wildman–Crippen MR) is 66.8 cm³/mol. The van der Waals surface area contributed by atoms with E-state index in [1.807, 2.05) is 0 Å². The predicted octanol–water partition coefficient (Wildman–Crippen LogP) is 2.60. The van der Waals surface area contributed by atoms with Crippen molar-refractivity contribution in [3.05, 3.63) is 34.9 Å². The highest BCUT2D eigenvalue weighted by Crippen LogP contribution is 2.24. The first-order valence-electron chi connectivity index (χ1n) is 5.40. The van der Waals surface area contributed by atoms with Gasteiger partial charge in [0.1, 0.15) is 0 Å². The molecular formula is C12H15ClF3NO2. The van der Waals surface area contributed by atoms with Crippen LogP contribution in [0.4, 0.5) is 13.2 Å². The fourth-order valence-corrected chi connectivity index (χ4v) is 1.44. The number of benzene rings is 1. The third-order valence-electron chi connectivity index (χ3n) is 2.49. The number of esters is 1. The Balaban J connectivity index is 0.00000324. The van der Waals surface area contributed by atoms with Crippen LogP contribution in [-0.2, 0) is 9.53 Å². The van der Waals surface area contributed by atoms with Crippen molar-refractivity contribution in [2.75, 3.05) is 6.61 Å². The van der Waals surface area contributed by atoms with Crippen LogP contribution in [-0.4, -0.2) is 18.7 Å². The lowest BCUT2D eigenvalue weighted by molar-refractivity contribution is -0.149. The van der Waals surface area contributed by atoms with Gasteiger partial charge in [-0.15, -0.1) is 12.4 Å². The van der Waals surface area contributed by atoms with Gasteiger partial charge in [0, 0.05) is 5.56 Å². The highest BCUT2D eigenvalue weighted by molar-refractivity contribution is 5.85. The Morgan fingerprint density at radius 1 is 1.37 bits per heavy atom. The summed E-state index contributed by atoms with van der Waals surface area (Å²) in [6, 6.07) is 0.828. The van der Waals surface area contributed by atoms with Gasteiger partial charge in [0.05, 0.1) is 12.6 Å². The zero-order valence-electron chi connectivity index (χ0n) is 10.5. The van der Waals surface area contributed by atoms with Crippen molar-refractivity contribution < 1.29 is 22.7 Å². The monoisotopic (exact) mass is 297 g/mol. The maximum atomic E-state index is 13.6. The molecule has 1 unspecified atom stereocenters. The Kier molecular flexibility index (Phi) is 6.86. The molecule has 0 aromatic heterocycles. The summed E-state index contributed by atoms with van der Waals surface area (Å²) in [4.78, 5) is 11.1. The maximum Gasteiger partial charge on any atom is 0.342 e. The van der Waals surface area contributed by atoms with Crippen LogP contribution in [0, 0.1) is 18.6 Å². The van der Waals surface area contributed by atoms with Gasteiger partial charge >= 0.3 is 5.97 Å². The third kappa shape index (κ3) is 3.84. The Hall–Kier alpha value is -1.27. The van der Waals surface area contributed by atoms with Crippen molar-refractivity contribution in [2.45, 2.75) is 26.1 Å². The van der Waals surface area contributed by atoms with E-state index in [1.165, 1.54) is 19.9 Å². The minimum absolute atomic E-state index is 0. The number of carbonyl (C=O) groups excluding carboxylic acids is 1. The van der Waals surface area contributed by atoms with Crippen molar-refractivity contribution in [3.63, 3.8) is 0 Å². The molecule has 0 fully saturated rings. The van der Waals surface area contributed by atoms with Gasteiger partial charge < -0.3 is 10.5 Å². The fraction of sp³-hybridized carbons (Fsp3) is 0.417. The number of hydrogen-bond acceptors (Lipinski definition) is 3. The van der Waals surface area contributed by atoms with Gasteiger partial charge in [-0.3, -0.25) is 0 Å². The van der Waals surface area contributed by atoms with Crippen LogP contribution in [0.3, 0.4) is 0 Å². The molecule has 0 saturated carbocycles. The summed E-state index contributed by atoms with van der Waals surface area (Å²) >= 11 is 0. The van der Waals surface area contributed by atoms with Crippen LogP contribution in [0.25, 0.3) is 0 Å². The summed E-state index contributed by atoms with van der Waals surface area (Å²) in [6.07, 6.45) is -2.23. The minimum atomic E-state index is -2.23. The van der Waals surface area contributed by atoms with E-state index in [-0.39, 0.29) is 24.6 Å². The molecular weight excluding hydrogens is 283 g/mol. The number of carbonyl (C=O) groups is 1. The second kappa shape index (κ2) is 7.35. The molecule has 0 heterocycles. The molecule has 2 atom stereocenters. The number of hydrogen-bond donors (Lipinski definition) is 1. The quantitative estimate of drug-likeness (QED) is 0.869. The Morgan fingerprint density at radius 2 is 1.95 bits per heavy atom. The molecule has 0 radical (unpaired) electrons. The molecule has 0 amide bonds. The average molecular weight is 298 g/mol. The van der Waals surface area contributed by atoms with Crippen molar-refractivity contribution >= 4 is 18.4 Å². The van der Waals surface area contributed by atoms with Gasteiger partial charge in [-0.2, -0.15) is 0 Å². The molecule has 1 rings (SSSR count). The van der Waals surface area contributed by atoms with Crippen LogP contribution < -0.4 is 5.73 Å². The highest BCUT2D eigenvalue weighted by Gasteiger charge is 2.30. The lowest BCUT2D eigenvalue weighted by Crippen LogP contribution is -2.32. The smallest absolute Gasteiger partial charge is 0.342 e. The molecule has 1 aromatic rings. The zero-order chi connectivity index (χ0) is 13.9. The van der Waals surface area contributed by atoms with E-state index in [1.54, 1.807) is 0 Å². The van der Waals surface area contributed by atoms with Crippen molar-refractivity contribution in [3.8, 4) is 0 Å². The van der Waals surface area contributed by atoms with E-state index in [2.05, 4.69) is 4.74 Å². The van der Waals surface area contributed by atoms with Crippen LogP contribution >= 0.6 is 12.4 Å². The van der Waals surface area contributed by atoms with Gasteiger partial charge in [-0.25, -0.2) is 18.0 Å². The van der Waals surface area contributed by atoms with Gasteiger partial charge in [0.25, 0.3) is 0 Å². The molecule has 0 bridgehead atoms. The van der Waals surface area contributed by atoms with E-state index < -0.39 is 35.4 Å². The van der Waals surface area contributed by atoms with Crippen LogP contribution in [0.5, 0.6) is 0 Å². The Morgan fingerprint density at radius 3 is 2.47 bits per heavy atom. The lowest BCUT2D eigenvalue weighted by Gasteiger charge is -2.17. The molecule has 0 aliphatic carbocycles.